The van der Waals surface area contributed by atoms with Gasteiger partial charge in [-0.1, -0.05) is 12.2 Å². The fourth-order valence-corrected chi connectivity index (χ4v) is 1.40. The maximum Gasteiger partial charge on any atom is 0.331 e. The van der Waals surface area contributed by atoms with Crippen LogP contribution in [0.5, 0.6) is 0 Å². The van der Waals surface area contributed by atoms with Crippen LogP contribution in [0, 0.1) is 0 Å². The van der Waals surface area contributed by atoms with E-state index in [1.54, 1.807) is 0 Å². The van der Waals surface area contributed by atoms with Crippen molar-refractivity contribution in [1.82, 2.24) is 0 Å². The van der Waals surface area contributed by atoms with Gasteiger partial charge in [0.1, 0.15) is 18.8 Å². The molecular weight excluding hydrogens is 188 g/mol. The molecule has 14 heavy (non-hydrogen) atoms. The van der Waals surface area contributed by atoms with Gasteiger partial charge < -0.3 is 18.9 Å². The quantitative estimate of drug-likeness (QED) is 0.468. The number of esters is 1. The number of ether oxygens (including phenoxy) is 4. The van der Waals surface area contributed by atoms with E-state index in [0.29, 0.717) is 6.61 Å². The van der Waals surface area contributed by atoms with Gasteiger partial charge in [0.25, 0.3) is 0 Å². The molecule has 3 atom stereocenters. The van der Waals surface area contributed by atoms with Gasteiger partial charge in [0.05, 0.1) is 13.7 Å². The molecule has 2 heterocycles. The summed E-state index contributed by atoms with van der Waals surface area (Å²) in [6.45, 7) is 0.471. The second-order valence-electron chi connectivity index (χ2n) is 3.11. The number of rotatable bonds is 3. The molecule has 0 saturated carbocycles. The van der Waals surface area contributed by atoms with Crippen LogP contribution in [0.25, 0.3) is 0 Å². The molecule has 0 amide bonds. The van der Waals surface area contributed by atoms with E-state index in [0.717, 1.165) is 0 Å². The second kappa shape index (κ2) is 4.08. The first-order valence-electron chi connectivity index (χ1n) is 4.43. The van der Waals surface area contributed by atoms with Crippen molar-refractivity contribution in [1.29, 1.82) is 0 Å². The van der Waals surface area contributed by atoms with Gasteiger partial charge in [0, 0.05) is 0 Å². The van der Waals surface area contributed by atoms with Crippen molar-refractivity contribution in [3.05, 3.63) is 12.2 Å². The van der Waals surface area contributed by atoms with E-state index >= 15 is 0 Å². The summed E-state index contributed by atoms with van der Waals surface area (Å²) < 4.78 is 20.4. The van der Waals surface area contributed by atoms with Crippen molar-refractivity contribution < 1.29 is 23.7 Å². The van der Waals surface area contributed by atoms with Crippen LogP contribution in [0.3, 0.4) is 0 Å². The Morgan fingerprint density at radius 3 is 3.21 bits per heavy atom. The van der Waals surface area contributed by atoms with E-state index in [1.807, 2.05) is 12.2 Å². The molecule has 2 rings (SSSR count). The zero-order valence-electron chi connectivity index (χ0n) is 7.84. The van der Waals surface area contributed by atoms with Gasteiger partial charge >= 0.3 is 5.97 Å². The minimum absolute atomic E-state index is 0.0398. The minimum atomic E-state index is -0.404. The Balaban J connectivity index is 1.83. The Kier molecular flexibility index (Phi) is 2.81. The molecule has 2 aliphatic rings. The summed E-state index contributed by atoms with van der Waals surface area (Å²) in [5, 5.41) is 0. The number of hydrogen-bond donors (Lipinski definition) is 0. The average molecular weight is 200 g/mol. The lowest BCUT2D eigenvalue weighted by Gasteiger charge is -2.22. The molecule has 2 bridgehead atoms. The SMILES string of the molecule is COC(=O)CO[C@H]1C=C[C@@H]2CO[C@@H]1O2. The van der Waals surface area contributed by atoms with Crippen molar-refractivity contribution in [3.8, 4) is 0 Å². The number of carbonyl (C=O) groups excluding carboxylic acids is 1. The molecule has 1 saturated heterocycles. The lowest BCUT2D eigenvalue weighted by Crippen LogP contribution is -2.33. The van der Waals surface area contributed by atoms with E-state index < -0.39 is 5.97 Å². The highest BCUT2D eigenvalue weighted by atomic mass is 16.7. The van der Waals surface area contributed by atoms with Gasteiger partial charge in [-0.25, -0.2) is 4.79 Å². The van der Waals surface area contributed by atoms with Crippen LogP contribution in [0.1, 0.15) is 0 Å². The van der Waals surface area contributed by atoms with Crippen molar-refractivity contribution in [3.63, 3.8) is 0 Å². The molecule has 0 aromatic rings. The van der Waals surface area contributed by atoms with Gasteiger partial charge in [0.15, 0.2) is 6.29 Å². The van der Waals surface area contributed by atoms with E-state index in [1.165, 1.54) is 7.11 Å². The normalized spacial score (nSPS) is 34.5. The smallest absolute Gasteiger partial charge is 0.331 e. The van der Waals surface area contributed by atoms with Crippen molar-refractivity contribution in [2.75, 3.05) is 20.3 Å². The van der Waals surface area contributed by atoms with Gasteiger partial charge in [0.2, 0.25) is 0 Å². The highest BCUT2D eigenvalue weighted by molar-refractivity contribution is 5.70. The van der Waals surface area contributed by atoms with Crippen LogP contribution in [-0.2, 0) is 23.7 Å². The Labute approximate surface area is 81.6 Å². The molecule has 0 aromatic heterocycles. The van der Waals surface area contributed by atoms with Gasteiger partial charge in [-0.3, -0.25) is 0 Å². The fraction of sp³-hybridized carbons (Fsp3) is 0.667. The monoisotopic (exact) mass is 200 g/mol. The van der Waals surface area contributed by atoms with Crippen LogP contribution < -0.4 is 0 Å². The van der Waals surface area contributed by atoms with E-state index in [4.69, 9.17) is 14.2 Å². The Morgan fingerprint density at radius 1 is 1.57 bits per heavy atom. The van der Waals surface area contributed by atoms with E-state index in [-0.39, 0.29) is 25.1 Å². The third kappa shape index (κ3) is 1.95. The van der Waals surface area contributed by atoms with Crippen molar-refractivity contribution in [2.24, 2.45) is 0 Å². The van der Waals surface area contributed by atoms with Gasteiger partial charge in [-0.15, -0.1) is 0 Å². The molecule has 0 N–H and O–H groups in total. The third-order valence-electron chi connectivity index (χ3n) is 2.14. The second-order valence-corrected chi connectivity index (χ2v) is 3.11. The van der Waals surface area contributed by atoms with Crippen LogP contribution in [0.4, 0.5) is 0 Å². The van der Waals surface area contributed by atoms with Gasteiger partial charge in [-0.2, -0.15) is 0 Å². The average Bonchev–Trinajstić information content (AvgIpc) is 2.60. The predicted octanol–water partition coefficient (Wildman–Crippen LogP) is -0.144. The summed E-state index contributed by atoms with van der Waals surface area (Å²) in [7, 11) is 1.32. The number of hydrogen-bond acceptors (Lipinski definition) is 5. The molecular formula is C9H12O5. The Morgan fingerprint density at radius 2 is 2.43 bits per heavy atom. The first kappa shape index (κ1) is 9.64. The predicted molar refractivity (Wildman–Crippen MR) is 45.5 cm³/mol. The Bertz CT molecular complexity index is 250. The maximum absolute atomic E-state index is 10.8. The van der Waals surface area contributed by atoms with E-state index in [9.17, 15) is 4.79 Å². The summed E-state index contributed by atoms with van der Waals surface area (Å²) in [5.41, 5.74) is 0. The molecule has 0 spiro atoms. The van der Waals surface area contributed by atoms with Crippen LogP contribution in [-0.4, -0.2) is 44.8 Å². The summed E-state index contributed by atoms with van der Waals surface area (Å²) >= 11 is 0. The largest absolute Gasteiger partial charge is 0.467 e. The van der Waals surface area contributed by atoms with Crippen molar-refractivity contribution in [2.45, 2.75) is 18.5 Å². The highest BCUT2D eigenvalue weighted by Crippen LogP contribution is 2.23. The van der Waals surface area contributed by atoms with Crippen LogP contribution in [0.2, 0.25) is 0 Å². The molecule has 1 fully saturated rings. The number of carbonyl (C=O) groups is 1. The lowest BCUT2D eigenvalue weighted by atomic mass is 10.2. The maximum atomic E-state index is 10.8. The molecule has 78 valence electrons. The van der Waals surface area contributed by atoms with Crippen LogP contribution >= 0.6 is 0 Å². The van der Waals surface area contributed by atoms with Gasteiger partial charge in [-0.05, 0) is 0 Å². The van der Waals surface area contributed by atoms with Crippen LogP contribution in [0.15, 0.2) is 12.2 Å². The van der Waals surface area contributed by atoms with Crippen molar-refractivity contribution >= 4 is 5.97 Å². The Hall–Kier alpha value is -0.910. The zero-order chi connectivity index (χ0) is 9.97. The summed E-state index contributed by atoms with van der Waals surface area (Å²) in [5.74, 6) is -0.404. The molecule has 0 radical (unpaired) electrons. The molecule has 0 aromatic carbocycles. The number of methoxy groups -OCH3 is 1. The number of fused-ring (bicyclic) bond motifs is 2. The molecule has 5 heteroatoms. The fourth-order valence-electron chi connectivity index (χ4n) is 1.40. The van der Waals surface area contributed by atoms with E-state index in [2.05, 4.69) is 4.74 Å². The minimum Gasteiger partial charge on any atom is -0.467 e. The summed E-state index contributed by atoms with van der Waals surface area (Å²) in [6, 6.07) is 0. The molecule has 5 nitrogen and oxygen atoms in total. The third-order valence-corrected chi connectivity index (χ3v) is 2.14. The zero-order valence-corrected chi connectivity index (χ0v) is 7.84. The molecule has 0 unspecified atom stereocenters. The molecule has 0 aliphatic carbocycles. The highest BCUT2D eigenvalue weighted by Gasteiger charge is 2.35. The molecule has 2 aliphatic heterocycles. The first-order valence-corrected chi connectivity index (χ1v) is 4.43. The standard InChI is InChI=1S/C9H12O5/c1-11-8(10)5-12-7-3-2-6-4-13-9(7)14-6/h2-3,6-7,9H,4-5H2,1H3/t6-,7+,9-/m1/s1. The topological polar surface area (TPSA) is 54.0 Å². The summed E-state index contributed by atoms with van der Waals surface area (Å²) in [6.07, 6.45) is 3.08. The summed E-state index contributed by atoms with van der Waals surface area (Å²) in [4.78, 5) is 10.8. The first-order chi connectivity index (χ1) is 6.79. The lowest BCUT2D eigenvalue weighted by molar-refractivity contribution is -0.161.